The number of Topliss-reactive ketones (excluding diaryl/α,β-unsaturated/α-hetero) is 1. The van der Waals surface area contributed by atoms with E-state index < -0.39 is 7.60 Å². The van der Waals surface area contributed by atoms with Crippen LogP contribution >= 0.6 is 7.60 Å². The summed E-state index contributed by atoms with van der Waals surface area (Å²) in [5.74, 6) is 0.359. The van der Waals surface area contributed by atoms with Crippen molar-refractivity contribution in [2.24, 2.45) is 5.92 Å². The highest BCUT2D eigenvalue weighted by molar-refractivity contribution is 7.52. The first-order chi connectivity index (χ1) is 7.41. The van der Waals surface area contributed by atoms with Gasteiger partial charge in [-0.3, -0.25) is 9.36 Å². The minimum absolute atomic E-state index is 0.0114. The van der Waals surface area contributed by atoms with Crippen molar-refractivity contribution in [1.29, 1.82) is 0 Å². The Labute approximate surface area is 98.2 Å². The largest absolute Gasteiger partial charge is 0.327 e. The van der Waals surface area contributed by atoms with Crippen LogP contribution in [0.2, 0.25) is 0 Å². The van der Waals surface area contributed by atoms with Gasteiger partial charge in [0.15, 0.2) is 5.78 Å². The average Bonchev–Trinajstić information content (AvgIpc) is 2.24. The molecule has 0 aromatic rings. The fourth-order valence-corrected chi connectivity index (χ4v) is 1.83. The van der Waals surface area contributed by atoms with Crippen LogP contribution in [-0.2, 0) is 18.4 Å². The molecule has 16 heavy (non-hydrogen) atoms. The van der Waals surface area contributed by atoms with Gasteiger partial charge < -0.3 is 9.05 Å². The molecule has 0 saturated heterocycles. The van der Waals surface area contributed by atoms with Crippen molar-refractivity contribution in [1.82, 2.24) is 0 Å². The van der Waals surface area contributed by atoms with Gasteiger partial charge in [-0.25, -0.2) is 0 Å². The molecule has 0 aromatic carbocycles. The van der Waals surface area contributed by atoms with Crippen LogP contribution in [0.3, 0.4) is 0 Å². The second-order valence-electron chi connectivity index (χ2n) is 4.22. The minimum atomic E-state index is -3.01. The molecule has 2 atom stereocenters. The van der Waals surface area contributed by atoms with Crippen LogP contribution in [0.15, 0.2) is 0 Å². The zero-order valence-corrected chi connectivity index (χ0v) is 11.6. The van der Waals surface area contributed by atoms with Crippen molar-refractivity contribution in [3.63, 3.8) is 0 Å². The quantitative estimate of drug-likeness (QED) is 0.589. The highest BCUT2D eigenvalue weighted by Gasteiger charge is 2.17. The first-order valence-corrected chi connectivity index (χ1v) is 7.69. The van der Waals surface area contributed by atoms with Crippen LogP contribution in [0, 0.1) is 5.92 Å². The van der Waals surface area contributed by atoms with Gasteiger partial charge in [-0.05, 0) is 5.92 Å². The number of hydrogen-bond donors (Lipinski definition) is 0. The summed E-state index contributed by atoms with van der Waals surface area (Å²) < 4.78 is 20.9. The van der Waals surface area contributed by atoms with Crippen molar-refractivity contribution in [2.45, 2.75) is 39.5 Å². The number of ketones is 1. The number of carbonyl (C=O) groups is 1. The van der Waals surface area contributed by atoms with Gasteiger partial charge in [0.25, 0.3) is 0 Å². The molecule has 2 unspecified atom stereocenters. The maximum Gasteiger partial charge on any atom is 0.327 e. The zero-order valence-electron chi connectivity index (χ0n) is 10.7. The third-order valence-electron chi connectivity index (χ3n) is 2.42. The van der Waals surface area contributed by atoms with E-state index >= 15 is 0 Å². The van der Waals surface area contributed by atoms with E-state index in [4.69, 9.17) is 4.52 Å². The summed E-state index contributed by atoms with van der Waals surface area (Å²) in [6.45, 7) is 5.43. The molecule has 96 valence electrons. The Balaban J connectivity index is 3.78. The number of unbranched alkanes of at least 4 members (excludes halogenated alkanes) is 1. The van der Waals surface area contributed by atoms with Crippen molar-refractivity contribution in [2.75, 3.05) is 20.4 Å². The van der Waals surface area contributed by atoms with Gasteiger partial charge in [-0.1, -0.05) is 33.1 Å². The third-order valence-corrected chi connectivity index (χ3v) is 3.68. The Morgan fingerprint density at radius 3 is 2.56 bits per heavy atom. The molecule has 0 spiro atoms. The maximum atomic E-state index is 11.5. The van der Waals surface area contributed by atoms with Gasteiger partial charge >= 0.3 is 7.60 Å². The summed E-state index contributed by atoms with van der Waals surface area (Å²) in [6, 6.07) is 0. The van der Waals surface area contributed by atoms with E-state index in [2.05, 4.69) is 18.4 Å². The molecule has 0 aliphatic rings. The van der Waals surface area contributed by atoms with Crippen LogP contribution in [0.5, 0.6) is 0 Å². The van der Waals surface area contributed by atoms with Crippen molar-refractivity contribution in [3.05, 3.63) is 0 Å². The molecule has 0 heterocycles. The van der Waals surface area contributed by atoms with E-state index in [1.54, 1.807) is 0 Å². The molecule has 0 bridgehead atoms. The first-order valence-electron chi connectivity index (χ1n) is 5.70. The molecule has 0 aliphatic heterocycles. The first kappa shape index (κ1) is 15.8. The summed E-state index contributed by atoms with van der Waals surface area (Å²) in [5.41, 5.74) is 0. The lowest BCUT2D eigenvalue weighted by Crippen LogP contribution is -2.12. The summed E-state index contributed by atoms with van der Waals surface area (Å²) in [5, 5.41) is 0. The van der Waals surface area contributed by atoms with Crippen molar-refractivity contribution in [3.8, 4) is 0 Å². The highest BCUT2D eigenvalue weighted by Crippen LogP contribution is 2.42. The van der Waals surface area contributed by atoms with E-state index in [0.29, 0.717) is 12.3 Å². The monoisotopic (exact) mass is 250 g/mol. The van der Waals surface area contributed by atoms with Crippen LogP contribution in [0.4, 0.5) is 0 Å². The second-order valence-corrected chi connectivity index (χ2v) is 6.38. The summed E-state index contributed by atoms with van der Waals surface area (Å²) in [7, 11) is -1.70. The molecule has 0 radical (unpaired) electrons. The predicted octanol–water partition coefficient (Wildman–Crippen LogP) is 3.26. The molecule has 0 saturated carbocycles. The van der Waals surface area contributed by atoms with Crippen molar-refractivity contribution < 1.29 is 18.4 Å². The molecular weight excluding hydrogens is 227 g/mol. The normalized spacial score (nSPS) is 16.8. The van der Waals surface area contributed by atoms with Crippen molar-refractivity contribution >= 4 is 13.4 Å². The minimum Gasteiger partial charge on any atom is -0.312 e. The molecule has 0 aromatic heterocycles. The molecule has 0 fully saturated rings. The average molecular weight is 250 g/mol. The van der Waals surface area contributed by atoms with Gasteiger partial charge in [0.1, 0.15) is 6.61 Å². The van der Waals surface area contributed by atoms with E-state index in [0.717, 1.165) is 19.3 Å². The van der Waals surface area contributed by atoms with E-state index in [9.17, 15) is 9.36 Å². The Hall–Kier alpha value is -0.180. The number of rotatable bonds is 9. The standard InChI is InChI=1S/C11H23O4P/c1-5-6-7-10(2)8-11(12)9-15-16(4,13)14-3/h10H,5-9H2,1-4H3. The number of hydrogen-bond acceptors (Lipinski definition) is 4. The van der Waals surface area contributed by atoms with Crippen LogP contribution in [0.25, 0.3) is 0 Å². The molecule has 0 N–H and O–H groups in total. The lowest BCUT2D eigenvalue weighted by atomic mass is 9.99. The molecule has 0 amide bonds. The van der Waals surface area contributed by atoms with Crippen LogP contribution < -0.4 is 0 Å². The topological polar surface area (TPSA) is 52.6 Å². The lowest BCUT2D eigenvalue weighted by molar-refractivity contribution is -0.122. The summed E-state index contributed by atoms with van der Waals surface area (Å²) >= 11 is 0. The van der Waals surface area contributed by atoms with E-state index in [1.165, 1.54) is 13.8 Å². The van der Waals surface area contributed by atoms with Gasteiger partial charge in [-0.2, -0.15) is 0 Å². The van der Waals surface area contributed by atoms with Crippen LogP contribution in [0.1, 0.15) is 39.5 Å². The Morgan fingerprint density at radius 1 is 1.44 bits per heavy atom. The fraction of sp³-hybridized carbons (Fsp3) is 0.909. The molecule has 0 aliphatic carbocycles. The predicted molar refractivity (Wildman–Crippen MR) is 64.8 cm³/mol. The smallest absolute Gasteiger partial charge is 0.312 e. The molecular formula is C11H23O4P. The third kappa shape index (κ3) is 8.03. The second kappa shape index (κ2) is 7.99. The van der Waals surface area contributed by atoms with Crippen LogP contribution in [-0.4, -0.2) is 26.2 Å². The molecule has 0 rings (SSSR count). The Morgan fingerprint density at radius 2 is 2.06 bits per heavy atom. The van der Waals surface area contributed by atoms with Gasteiger partial charge in [0.2, 0.25) is 0 Å². The maximum absolute atomic E-state index is 11.5. The molecule has 4 nitrogen and oxygen atoms in total. The Bertz CT molecular complexity index is 252. The Kier molecular flexibility index (Phi) is 7.90. The van der Waals surface area contributed by atoms with E-state index in [-0.39, 0.29) is 12.4 Å². The van der Waals surface area contributed by atoms with E-state index in [1.807, 2.05) is 0 Å². The lowest BCUT2D eigenvalue weighted by Gasteiger charge is -2.12. The number of carbonyl (C=O) groups excluding carboxylic acids is 1. The zero-order chi connectivity index (χ0) is 12.6. The highest BCUT2D eigenvalue weighted by atomic mass is 31.2. The summed E-state index contributed by atoms with van der Waals surface area (Å²) in [6.07, 6.45) is 3.82. The van der Waals surface area contributed by atoms with Gasteiger partial charge in [0.05, 0.1) is 0 Å². The molecule has 5 heteroatoms. The van der Waals surface area contributed by atoms with Gasteiger partial charge in [0, 0.05) is 20.2 Å². The van der Waals surface area contributed by atoms with Gasteiger partial charge in [-0.15, -0.1) is 0 Å². The SMILES string of the molecule is CCCCC(C)CC(=O)COP(C)(=O)OC. The fourth-order valence-electron chi connectivity index (χ4n) is 1.34. The summed E-state index contributed by atoms with van der Waals surface area (Å²) in [4.78, 5) is 11.5.